The van der Waals surface area contributed by atoms with Gasteiger partial charge in [0.05, 0.1) is 26.2 Å². The summed E-state index contributed by atoms with van der Waals surface area (Å²) in [6, 6.07) is 3.90. The molecule has 0 radical (unpaired) electrons. The fraction of sp³-hybridized carbons (Fsp3) is 0.500. The number of morpholine rings is 1. The van der Waals surface area contributed by atoms with Gasteiger partial charge in [-0.2, -0.15) is 0 Å². The molecule has 0 aromatic carbocycles. The van der Waals surface area contributed by atoms with E-state index in [1.165, 1.54) is 7.11 Å². The summed E-state index contributed by atoms with van der Waals surface area (Å²) in [6.45, 7) is 2.04. The van der Waals surface area contributed by atoms with Gasteiger partial charge in [0, 0.05) is 23.8 Å². The average molecular weight is 315 g/mol. The minimum absolute atomic E-state index is 0.128. The SMILES string of the molecule is COC(=O)CC1CN(c2ccc(Br)cn2)CCO1. The topological polar surface area (TPSA) is 51.7 Å². The maximum Gasteiger partial charge on any atom is 0.308 e. The zero-order chi connectivity index (χ0) is 13.0. The molecule has 2 heterocycles. The minimum Gasteiger partial charge on any atom is -0.469 e. The molecule has 1 aromatic heterocycles. The van der Waals surface area contributed by atoms with Crippen LogP contribution in [0.15, 0.2) is 22.8 Å². The lowest BCUT2D eigenvalue weighted by atomic mass is 10.2. The number of halogens is 1. The molecule has 0 bridgehead atoms. The molecule has 1 aliphatic rings. The molecule has 0 amide bonds. The molecular formula is C12H15BrN2O3. The summed E-state index contributed by atoms with van der Waals surface area (Å²) >= 11 is 3.36. The van der Waals surface area contributed by atoms with Crippen molar-refractivity contribution < 1.29 is 14.3 Å². The summed E-state index contributed by atoms with van der Waals surface area (Å²) in [7, 11) is 1.39. The highest BCUT2D eigenvalue weighted by molar-refractivity contribution is 9.10. The van der Waals surface area contributed by atoms with Crippen molar-refractivity contribution in [2.24, 2.45) is 0 Å². The highest BCUT2D eigenvalue weighted by Crippen LogP contribution is 2.18. The largest absolute Gasteiger partial charge is 0.469 e. The van der Waals surface area contributed by atoms with Crippen molar-refractivity contribution in [1.82, 2.24) is 4.98 Å². The van der Waals surface area contributed by atoms with Gasteiger partial charge in [0.25, 0.3) is 0 Å². The van der Waals surface area contributed by atoms with Gasteiger partial charge in [0.2, 0.25) is 0 Å². The molecule has 1 atom stereocenters. The summed E-state index contributed by atoms with van der Waals surface area (Å²) in [6.07, 6.45) is 1.92. The number of hydrogen-bond acceptors (Lipinski definition) is 5. The van der Waals surface area contributed by atoms with Crippen molar-refractivity contribution in [3.63, 3.8) is 0 Å². The van der Waals surface area contributed by atoms with Gasteiger partial charge >= 0.3 is 5.97 Å². The van der Waals surface area contributed by atoms with Crippen LogP contribution in [-0.4, -0.2) is 43.9 Å². The number of nitrogens with zero attached hydrogens (tertiary/aromatic N) is 2. The van der Waals surface area contributed by atoms with E-state index in [2.05, 4.69) is 30.6 Å². The van der Waals surface area contributed by atoms with Crippen molar-refractivity contribution in [2.75, 3.05) is 31.7 Å². The first-order valence-corrected chi connectivity index (χ1v) is 6.53. The van der Waals surface area contributed by atoms with Gasteiger partial charge in [0.1, 0.15) is 5.82 Å². The Hall–Kier alpha value is -1.14. The molecule has 0 aliphatic carbocycles. The zero-order valence-corrected chi connectivity index (χ0v) is 11.7. The second-order valence-corrected chi connectivity index (χ2v) is 4.97. The van der Waals surface area contributed by atoms with Gasteiger partial charge < -0.3 is 14.4 Å². The summed E-state index contributed by atoms with van der Waals surface area (Å²) < 4.78 is 11.1. The zero-order valence-electron chi connectivity index (χ0n) is 10.1. The number of ether oxygens (including phenoxy) is 2. The van der Waals surface area contributed by atoms with Gasteiger partial charge in [0.15, 0.2) is 0 Å². The third kappa shape index (κ3) is 3.43. The predicted molar refractivity (Wildman–Crippen MR) is 70.5 cm³/mol. The van der Waals surface area contributed by atoms with Gasteiger partial charge in [-0.25, -0.2) is 4.98 Å². The molecule has 0 N–H and O–H groups in total. The molecule has 2 rings (SSSR count). The predicted octanol–water partition coefficient (Wildman–Crippen LogP) is 1.61. The lowest BCUT2D eigenvalue weighted by molar-refractivity contribution is -0.144. The van der Waals surface area contributed by atoms with Crippen LogP contribution in [-0.2, 0) is 14.3 Å². The lowest BCUT2D eigenvalue weighted by Crippen LogP contribution is -2.43. The Kier molecular flexibility index (Phi) is 4.54. The van der Waals surface area contributed by atoms with E-state index in [0.29, 0.717) is 13.2 Å². The fourth-order valence-electron chi connectivity index (χ4n) is 1.88. The Labute approximate surface area is 114 Å². The molecule has 98 valence electrons. The van der Waals surface area contributed by atoms with Crippen LogP contribution in [0.3, 0.4) is 0 Å². The van der Waals surface area contributed by atoms with Crippen LogP contribution >= 0.6 is 15.9 Å². The number of hydrogen-bond donors (Lipinski definition) is 0. The smallest absolute Gasteiger partial charge is 0.308 e. The van der Waals surface area contributed by atoms with Crippen molar-refractivity contribution in [3.8, 4) is 0 Å². The van der Waals surface area contributed by atoms with Gasteiger partial charge in [-0.3, -0.25) is 4.79 Å². The minimum atomic E-state index is -0.245. The van der Waals surface area contributed by atoms with Crippen LogP contribution < -0.4 is 4.90 Å². The number of anilines is 1. The van der Waals surface area contributed by atoms with Crippen molar-refractivity contribution in [3.05, 3.63) is 22.8 Å². The van der Waals surface area contributed by atoms with Gasteiger partial charge in [-0.05, 0) is 28.1 Å². The Morgan fingerprint density at radius 2 is 2.50 bits per heavy atom. The maximum absolute atomic E-state index is 11.2. The molecule has 0 saturated carbocycles. The maximum atomic E-state index is 11.2. The number of carbonyl (C=O) groups excluding carboxylic acids is 1. The summed E-state index contributed by atoms with van der Waals surface area (Å²) in [5, 5.41) is 0. The van der Waals surface area contributed by atoms with Crippen LogP contribution in [0.4, 0.5) is 5.82 Å². The van der Waals surface area contributed by atoms with E-state index in [0.717, 1.165) is 16.8 Å². The quantitative estimate of drug-likeness (QED) is 0.793. The first kappa shape index (κ1) is 13.3. The first-order valence-electron chi connectivity index (χ1n) is 5.74. The highest BCUT2D eigenvalue weighted by atomic mass is 79.9. The Bertz CT molecular complexity index is 410. The van der Waals surface area contributed by atoms with E-state index in [-0.39, 0.29) is 18.5 Å². The van der Waals surface area contributed by atoms with Gasteiger partial charge in [-0.15, -0.1) is 0 Å². The van der Waals surface area contributed by atoms with E-state index >= 15 is 0 Å². The molecule has 0 spiro atoms. The van der Waals surface area contributed by atoms with E-state index in [4.69, 9.17) is 4.74 Å². The molecule has 6 heteroatoms. The number of methoxy groups -OCH3 is 1. The molecule has 1 saturated heterocycles. The van der Waals surface area contributed by atoms with Crippen molar-refractivity contribution in [2.45, 2.75) is 12.5 Å². The third-order valence-corrected chi connectivity index (χ3v) is 3.27. The highest BCUT2D eigenvalue weighted by Gasteiger charge is 2.23. The normalized spacial score (nSPS) is 19.7. The number of aromatic nitrogens is 1. The van der Waals surface area contributed by atoms with Crippen LogP contribution in [0.2, 0.25) is 0 Å². The van der Waals surface area contributed by atoms with Crippen LogP contribution in [0.5, 0.6) is 0 Å². The van der Waals surface area contributed by atoms with Crippen LogP contribution in [0, 0.1) is 0 Å². The number of esters is 1. The van der Waals surface area contributed by atoms with E-state index in [1.54, 1.807) is 6.20 Å². The van der Waals surface area contributed by atoms with E-state index < -0.39 is 0 Å². The van der Waals surface area contributed by atoms with Crippen LogP contribution in [0.1, 0.15) is 6.42 Å². The van der Waals surface area contributed by atoms with Gasteiger partial charge in [-0.1, -0.05) is 0 Å². The Morgan fingerprint density at radius 1 is 1.67 bits per heavy atom. The average Bonchev–Trinajstić information content (AvgIpc) is 2.40. The van der Waals surface area contributed by atoms with Crippen molar-refractivity contribution >= 4 is 27.7 Å². The fourth-order valence-corrected chi connectivity index (χ4v) is 2.11. The second kappa shape index (κ2) is 6.15. The second-order valence-electron chi connectivity index (χ2n) is 4.05. The third-order valence-electron chi connectivity index (χ3n) is 2.80. The Balaban J connectivity index is 1.98. The standard InChI is InChI=1S/C12H15BrN2O3/c1-17-12(16)6-10-8-15(4-5-18-10)11-3-2-9(13)7-14-11/h2-3,7,10H,4-6,8H2,1H3. The molecule has 5 nitrogen and oxygen atoms in total. The monoisotopic (exact) mass is 314 g/mol. The van der Waals surface area contributed by atoms with E-state index in [9.17, 15) is 4.79 Å². The number of carbonyl (C=O) groups is 1. The number of pyridine rings is 1. The molecule has 1 fully saturated rings. The Morgan fingerprint density at radius 3 is 3.17 bits per heavy atom. The molecule has 1 unspecified atom stereocenters. The van der Waals surface area contributed by atoms with E-state index in [1.807, 2.05) is 12.1 Å². The van der Waals surface area contributed by atoms with Crippen molar-refractivity contribution in [1.29, 1.82) is 0 Å². The van der Waals surface area contributed by atoms with Crippen LogP contribution in [0.25, 0.3) is 0 Å². The first-order chi connectivity index (χ1) is 8.69. The molecule has 1 aliphatic heterocycles. The number of rotatable bonds is 3. The lowest BCUT2D eigenvalue weighted by Gasteiger charge is -2.33. The molecule has 18 heavy (non-hydrogen) atoms. The summed E-state index contributed by atoms with van der Waals surface area (Å²) in [5.41, 5.74) is 0. The molecule has 1 aromatic rings. The molecular weight excluding hydrogens is 300 g/mol. The summed E-state index contributed by atoms with van der Waals surface area (Å²) in [5.74, 6) is 0.655. The summed E-state index contributed by atoms with van der Waals surface area (Å²) in [4.78, 5) is 17.7.